The Kier molecular flexibility index (Phi) is 14.5. The van der Waals surface area contributed by atoms with E-state index in [1.807, 2.05) is 76.2 Å². The van der Waals surface area contributed by atoms with Crippen LogP contribution in [0.25, 0.3) is 0 Å². The van der Waals surface area contributed by atoms with Crippen molar-refractivity contribution in [2.24, 2.45) is 0 Å². The number of benzene rings is 2. The maximum atomic E-state index is 9.31. The van der Waals surface area contributed by atoms with Crippen molar-refractivity contribution < 1.29 is 37.2 Å². The molecule has 0 atom stereocenters. The topological polar surface area (TPSA) is 87.4 Å². The Morgan fingerprint density at radius 2 is 0.865 bits per heavy atom. The van der Waals surface area contributed by atoms with Gasteiger partial charge in [-0.1, -0.05) is 48.5 Å². The van der Waals surface area contributed by atoms with Gasteiger partial charge in [0.05, 0.1) is 0 Å². The maximum Gasteiger partial charge on any atom is 2.00 e. The second-order valence-corrected chi connectivity index (χ2v) is 9.08. The molecule has 10 radical (unpaired) electrons. The summed E-state index contributed by atoms with van der Waals surface area (Å²) in [5.41, 5.74) is 3.04. The smallest absolute Gasteiger partial charge is 0.423 e. The quantitative estimate of drug-likeness (QED) is 0.327. The Morgan fingerprint density at radius 1 is 0.541 bits per heavy atom. The van der Waals surface area contributed by atoms with Gasteiger partial charge < -0.3 is 29.9 Å². The minimum Gasteiger partial charge on any atom is -0.423 e. The number of hydrogen-bond donors (Lipinski definition) is 4. The molecule has 2 aliphatic rings. The van der Waals surface area contributed by atoms with Crippen molar-refractivity contribution in [3.63, 3.8) is 0 Å². The van der Waals surface area contributed by atoms with Gasteiger partial charge in [0.2, 0.25) is 0 Å². The fraction of sp³-hybridized carbons (Fsp3) is 0.214. The normalized spacial score (nSPS) is 16.0. The molecular formula is C28H34B2FeN2O4+2. The first-order valence-electron chi connectivity index (χ1n) is 12.0. The average molecular weight is 540 g/mol. The Labute approximate surface area is 234 Å². The van der Waals surface area contributed by atoms with E-state index in [2.05, 4.69) is 35.5 Å². The Bertz CT molecular complexity index is 836. The molecule has 0 saturated heterocycles. The van der Waals surface area contributed by atoms with Crippen LogP contribution in [0.2, 0.25) is 0 Å². The van der Waals surface area contributed by atoms with Gasteiger partial charge in [-0.05, 0) is 99.4 Å². The predicted octanol–water partition coefficient (Wildman–Crippen LogP) is 0.404. The Hall–Kier alpha value is -1.15. The van der Waals surface area contributed by atoms with E-state index in [9.17, 15) is 20.1 Å². The van der Waals surface area contributed by atoms with E-state index in [1.165, 1.54) is 11.8 Å². The second-order valence-electron chi connectivity index (χ2n) is 9.08. The zero-order valence-corrected chi connectivity index (χ0v) is 22.4. The van der Waals surface area contributed by atoms with E-state index in [4.69, 9.17) is 0 Å². The SMILES string of the molecule is CN(C[C]1[CH][CH][CH][CH]1)Cc1ccccc1B(O)O.CN(C[C]1[CH][CH][CH][CH]1)Cc1ccccc1B(O)O.[Fe+2]. The van der Waals surface area contributed by atoms with Crippen molar-refractivity contribution in [3.8, 4) is 0 Å². The van der Waals surface area contributed by atoms with Gasteiger partial charge in [-0.3, -0.25) is 0 Å². The third kappa shape index (κ3) is 10.9. The third-order valence-electron chi connectivity index (χ3n) is 5.92. The van der Waals surface area contributed by atoms with Gasteiger partial charge in [-0.2, -0.15) is 0 Å². The minimum atomic E-state index is -1.41. The molecule has 0 unspecified atom stereocenters. The molecule has 2 aromatic rings. The largest absolute Gasteiger partial charge is 2.00 e. The van der Waals surface area contributed by atoms with Crippen molar-refractivity contribution in [2.75, 3.05) is 27.2 Å². The van der Waals surface area contributed by atoms with Gasteiger partial charge in [0.15, 0.2) is 0 Å². The van der Waals surface area contributed by atoms with Crippen LogP contribution in [0.1, 0.15) is 11.1 Å². The average Bonchev–Trinajstić information content (AvgIpc) is 3.54. The molecule has 6 nitrogen and oxygen atoms in total. The van der Waals surface area contributed by atoms with E-state index < -0.39 is 14.2 Å². The monoisotopic (exact) mass is 540 g/mol. The molecule has 192 valence electrons. The van der Waals surface area contributed by atoms with Gasteiger partial charge in [0, 0.05) is 26.2 Å². The predicted molar refractivity (Wildman–Crippen MR) is 146 cm³/mol. The molecule has 2 aromatic carbocycles. The summed E-state index contributed by atoms with van der Waals surface area (Å²) in [7, 11) is 1.23. The number of nitrogens with zero attached hydrogens (tertiary/aromatic N) is 2. The number of hydrogen-bond acceptors (Lipinski definition) is 6. The van der Waals surface area contributed by atoms with E-state index >= 15 is 0 Å². The van der Waals surface area contributed by atoms with Crippen LogP contribution in [0.4, 0.5) is 0 Å². The van der Waals surface area contributed by atoms with Crippen LogP contribution in [-0.4, -0.2) is 71.3 Å². The van der Waals surface area contributed by atoms with Crippen LogP contribution in [0.3, 0.4) is 0 Å². The molecule has 4 rings (SSSR count). The van der Waals surface area contributed by atoms with Crippen molar-refractivity contribution in [2.45, 2.75) is 13.1 Å². The van der Waals surface area contributed by atoms with Crippen LogP contribution >= 0.6 is 0 Å². The second kappa shape index (κ2) is 16.7. The first-order valence-corrected chi connectivity index (χ1v) is 12.0. The summed E-state index contributed by atoms with van der Waals surface area (Å²) in [4.78, 5) is 4.30. The maximum absolute atomic E-state index is 9.31. The fourth-order valence-electron chi connectivity index (χ4n) is 4.22. The van der Waals surface area contributed by atoms with Gasteiger partial charge >= 0.3 is 31.3 Å². The summed E-state index contributed by atoms with van der Waals surface area (Å²) in [6, 6.07) is 14.8. The molecule has 4 N–H and O–H groups in total. The molecule has 2 saturated carbocycles. The van der Waals surface area contributed by atoms with Crippen LogP contribution in [0.15, 0.2) is 48.5 Å². The summed E-state index contributed by atoms with van der Waals surface area (Å²) in [5, 5.41) is 37.2. The van der Waals surface area contributed by atoms with Crippen LogP contribution in [0.5, 0.6) is 0 Å². The first-order chi connectivity index (χ1) is 17.3. The van der Waals surface area contributed by atoms with Crippen LogP contribution in [0, 0.1) is 63.2 Å². The minimum absolute atomic E-state index is 0. The zero-order chi connectivity index (χ0) is 25.9. The summed E-state index contributed by atoms with van der Waals surface area (Å²) in [5.74, 6) is 2.53. The molecule has 2 aliphatic carbocycles. The molecule has 0 bridgehead atoms. The molecule has 2 fully saturated rings. The van der Waals surface area contributed by atoms with Crippen molar-refractivity contribution in [1.82, 2.24) is 9.80 Å². The Morgan fingerprint density at radius 3 is 1.19 bits per heavy atom. The summed E-state index contributed by atoms with van der Waals surface area (Å²) < 4.78 is 0. The van der Waals surface area contributed by atoms with Gasteiger partial charge in [0.25, 0.3) is 0 Å². The van der Waals surface area contributed by atoms with Crippen molar-refractivity contribution in [1.29, 1.82) is 0 Å². The van der Waals surface area contributed by atoms with E-state index in [-0.39, 0.29) is 17.1 Å². The van der Waals surface area contributed by atoms with Gasteiger partial charge in [-0.25, -0.2) is 0 Å². The van der Waals surface area contributed by atoms with E-state index in [0.717, 1.165) is 24.2 Å². The fourth-order valence-corrected chi connectivity index (χ4v) is 4.22. The summed E-state index contributed by atoms with van der Waals surface area (Å²) in [6.07, 6.45) is 16.4. The number of rotatable bonds is 10. The van der Waals surface area contributed by atoms with Crippen molar-refractivity contribution in [3.05, 3.63) is 123 Å². The van der Waals surface area contributed by atoms with Gasteiger partial charge in [-0.15, -0.1) is 0 Å². The Balaban J connectivity index is 0.000000253. The third-order valence-corrected chi connectivity index (χ3v) is 5.92. The molecule has 0 amide bonds. The van der Waals surface area contributed by atoms with E-state index in [0.29, 0.717) is 24.0 Å². The first kappa shape index (κ1) is 32.1. The summed E-state index contributed by atoms with van der Waals surface area (Å²) in [6.45, 7) is 3.09. The van der Waals surface area contributed by atoms with E-state index in [1.54, 1.807) is 12.1 Å². The molecule has 0 heterocycles. The molecule has 0 aliphatic heterocycles. The standard InChI is InChI=1S/2C14H17BNO2.Fe/c2*1-16(10-12-6-2-3-7-12)11-13-8-4-5-9-14(13)15(17)18;/h2*2-9,17-18H,10-11H2,1H3;/q;;+2. The van der Waals surface area contributed by atoms with Crippen LogP contribution in [-0.2, 0) is 30.2 Å². The van der Waals surface area contributed by atoms with Gasteiger partial charge in [0.1, 0.15) is 0 Å². The molecular weight excluding hydrogens is 506 g/mol. The van der Waals surface area contributed by atoms with Crippen LogP contribution < -0.4 is 10.9 Å². The molecule has 37 heavy (non-hydrogen) atoms. The molecule has 0 spiro atoms. The summed E-state index contributed by atoms with van der Waals surface area (Å²) >= 11 is 0. The molecule has 9 heteroatoms. The van der Waals surface area contributed by atoms with Crippen molar-refractivity contribution >= 4 is 25.2 Å². The molecule has 0 aromatic heterocycles. The zero-order valence-electron chi connectivity index (χ0n) is 21.3.